The minimum absolute atomic E-state index is 0.0812. The lowest BCUT2D eigenvalue weighted by atomic mass is 10.1. The quantitative estimate of drug-likeness (QED) is 0.724. The first-order valence-electron chi connectivity index (χ1n) is 5.86. The summed E-state index contributed by atoms with van der Waals surface area (Å²) in [5.41, 5.74) is 0. The molecule has 4 heteroatoms. The van der Waals surface area contributed by atoms with Gasteiger partial charge in [-0.1, -0.05) is 25.7 Å². The zero-order chi connectivity index (χ0) is 10.7. The predicted octanol–water partition coefficient (Wildman–Crippen LogP) is 2.22. The maximum Gasteiger partial charge on any atom is 0.320 e. The van der Waals surface area contributed by atoms with Gasteiger partial charge >= 0.3 is 5.97 Å². The van der Waals surface area contributed by atoms with Crippen LogP contribution in [-0.4, -0.2) is 27.7 Å². The van der Waals surface area contributed by atoms with Crippen LogP contribution in [0.5, 0.6) is 0 Å². The average Bonchev–Trinajstić information content (AvgIpc) is 2.44. The molecule has 0 aromatic heterocycles. The Kier molecular flexibility index (Phi) is 3.57. The van der Waals surface area contributed by atoms with Crippen LogP contribution in [0.25, 0.3) is 0 Å². The Hall–Kier alpha value is -0.220. The summed E-state index contributed by atoms with van der Waals surface area (Å²) < 4.78 is 0. The smallest absolute Gasteiger partial charge is 0.320 e. The highest BCUT2D eigenvalue weighted by atomic mass is 32.2. The Bertz CT molecular complexity index is 237. The van der Waals surface area contributed by atoms with E-state index in [0.717, 1.165) is 25.0 Å². The fourth-order valence-corrected chi connectivity index (χ4v) is 4.12. The molecule has 0 bridgehead atoms. The summed E-state index contributed by atoms with van der Waals surface area (Å²) in [6.45, 7) is 0. The Balaban J connectivity index is 2.02. The highest BCUT2D eigenvalue weighted by Gasteiger charge is 2.38. The second kappa shape index (κ2) is 4.74. The molecule has 1 saturated heterocycles. The van der Waals surface area contributed by atoms with Crippen molar-refractivity contribution in [2.75, 3.05) is 5.75 Å². The number of hydrogen-bond donors (Lipinski definition) is 2. The highest BCUT2D eigenvalue weighted by molar-refractivity contribution is 8.00. The molecule has 1 atom stereocenters. The largest absolute Gasteiger partial charge is 0.480 e. The number of carbonyl (C=O) groups is 1. The zero-order valence-electron chi connectivity index (χ0n) is 9.00. The summed E-state index contributed by atoms with van der Waals surface area (Å²) in [6, 6.07) is -0.315. The molecular weight excluding hydrogens is 210 g/mol. The Morgan fingerprint density at radius 3 is 2.53 bits per heavy atom. The first-order valence-corrected chi connectivity index (χ1v) is 6.85. The van der Waals surface area contributed by atoms with Crippen molar-refractivity contribution < 1.29 is 9.90 Å². The lowest BCUT2D eigenvalue weighted by Crippen LogP contribution is -2.54. The van der Waals surface area contributed by atoms with Gasteiger partial charge in [0.1, 0.15) is 6.04 Å². The van der Waals surface area contributed by atoms with Gasteiger partial charge in [-0.25, -0.2) is 0 Å². The van der Waals surface area contributed by atoms with Crippen LogP contribution in [0, 0.1) is 0 Å². The number of carboxylic acids is 1. The first-order chi connectivity index (χ1) is 7.22. The van der Waals surface area contributed by atoms with Gasteiger partial charge in [0.05, 0.1) is 4.87 Å². The molecule has 3 nitrogen and oxygen atoms in total. The SMILES string of the molecule is O=C(O)C1CCSC2(CCCCCC2)N1. The predicted molar refractivity (Wildman–Crippen MR) is 62.1 cm³/mol. The van der Waals surface area contributed by atoms with Crippen LogP contribution in [-0.2, 0) is 4.79 Å². The van der Waals surface area contributed by atoms with Crippen molar-refractivity contribution in [2.24, 2.45) is 0 Å². The lowest BCUT2D eigenvalue weighted by Gasteiger charge is -2.40. The summed E-state index contributed by atoms with van der Waals surface area (Å²) in [6.07, 6.45) is 8.15. The highest BCUT2D eigenvalue weighted by Crippen LogP contribution is 2.40. The van der Waals surface area contributed by atoms with Crippen LogP contribution >= 0.6 is 11.8 Å². The number of aliphatic carboxylic acids is 1. The van der Waals surface area contributed by atoms with Crippen LogP contribution in [0.4, 0.5) is 0 Å². The topological polar surface area (TPSA) is 49.3 Å². The summed E-state index contributed by atoms with van der Waals surface area (Å²) in [5, 5.41) is 12.4. The third kappa shape index (κ3) is 2.67. The molecule has 0 amide bonds. The number of nitrogens with one attached hydrogen (secondary N) is 1. The fraction of sp³-hybridized carbons (Fsp3) is 0.909. The van der Waals surface area contributed by atoms with Crippen molar-refractivity contribution in [3.63, 3.8) is 0 Å². The van der Waals surface area contributed by atoms with Crippen molar-refractivity contribution in [2.45, 2.75) is 55.9 Å². The zero-order valence-corrected chi connectivity index (χ0v) is 9.81. The van der Waals surface area contributed by atoms with Crippen LogP contribution in [0.15, 0.2) is 0 Å². The Morgan fingerprint density at radius 2 is 1.93 bits per heavy atom. The molecule has 2 N–H and O–H groups in total. The molecule has 0 radical (unpaired) electrons. The van der Waals surface area contributed by atoms with Gasteiger partial charge in [0.15, 0.2) is 0 Å². The molecule has 1 heterocycles. The van der Waals surface area contributed by atoms with Crippen LogP contribution < -0.4 is 5.32 Å². The molecule has 1 saturated carbocycles. The Morgan fingerprint density at radius 1 is 1.27 bits per heavy atom. The Labute approximate surface area is 95.0 Å². The van der Waals surface area contributed by atoms with Crippen molar-refractivity contribution in [1.82, 2.24) is 5.32 Å². The average molecular weight is 229 g/mol. The van der Waals surface area contributed by atoms with Gasteiger partial charge in [-0.2, -0.15) is 0 Å². The third-order valence-electron chi connectivity index (χ3n) is 3.43. The molecule has 2 fully saturated rings. The number of carboxylic acid groups (broad SMARTS) is 1. The third-order valence-corrected chi connectivity index (χ3v) is 4.95. The number of hydrogen-bond acceptors (Lipinski definition) is 3. The molecule has 2 rings (SSSR count). The summed E-state index contributed by atoms with van der Waals surface area (Å²) in [4.78, 5) is 11.1. The van der Waals surface area contributed by atoms with E-state index in [-0.39, 0.29) is 10.9 Å². The second-order valence-corrected chi connectivity index (χ2v) is 6.06. The van der Waals surface area contributed by atoms with Gasteiger partial charge < -0.3 is 5.11 Å². The number of rotatable bonds is 1. The molecule has 2 aliphatic rings. The van der Waals surface area contributed by atoms with Crippen molar-refractivity contribution in [1.29, 1.82) is 0 Å². The summed E-state index contributed by atoms with van der Waals surface area (Å²) in [7, 11) is 0. The van der Waals surface area contributed by atoms with Gasteiger partial charge in [-0.3, -0.25) is 10.1 Å². The fourth-order valence-electron chi connectivity index (χ4n) is 2.58. The van der Waals surface area contributed by atoms with E-state index >= 15 is 0 Å². The van der Waals surface area contributed by atoms with Crippen LogP contribution in [0.1, 0.15) is 44.9 Å². The van der Waals surface area contributed by atoms with Gasteiger partial charge in [0.25, 0.3) is 0 Å². The van der Waals surface area contributed by atoms with Crippen molar-refractivity contribution in [3.05, 3.63) is 0 Å². The van der Waals surface area contributed by atoms with E-state index in [1.54, 1.807) is 0 Å². The van der Waals surface area contributed by atoms with E-state index in [1.165, 1.54) is 25.7 Å². The maximum atomic E-state index is 11.0. The van der Waals surface area contributed by atoms with Crippen LogP contribution in [0.3, 0.4) is 0 Å². The molecule has 1 spiro atoms. The van der Waals surface area contributed by atoms with E-state index in [1.807, 2.05) is 11.8 Å². The number of thioether (sulfide) groups is 1. The molecule has 1 unspecified atom stereocenters. The lowest BCUT2D eigenvalue weighted by molar-refractivity contribution is -0.140. The minimum atomic E-state index is -0.682. The molecule has 15 heavy (non-hydrogen) atoms. The van der Waals surface area contributed by atoms with E-state index in [2.05, 4.69) is 5.32 Å². The molecule has 86 valence electrons. The van der Waals surface area contributed by atoms with Gasteiger partial charge in [-0.05, 0) is 25.0 Å². The van der Waals surface area contributed by atoms with E-state index in [4.69, 9.17) is 5.11 Å². The van der Waals surface area contributed by atoms with Crippen molar-refractivity contribution >= 4 is 17.7 Å². The maximum absolute atomic E-state index is 11.0. The van der Waals surface area contributed by atoms with Gasteiger partial charge in [0.2, 0.25) is 0 Å². The van der Waals surface area contributed by atoms with E-state index < -0.39 is 5.97 Å². The summed E-state index contributed by atoms with van der Waals surface area (Å²) >= 11 is 1.95. The molecule has 1 aliphatic heterocycles. The molecular formula is C11H19NO2S. The minimum Gasteiger partial charge on any atom is -0.480 e. The van der Waals surface area contributed by atoms with Crippen LogP contribution in [0.2, 0.25) is 0 Å². The molecule has 1 aliphatic carbocycles. The summed E-state index contributed by atoms with van der Waals surface area (Å²) in [5.74, 6) is 0.308. The monoisotopic (exact) mass is 229 g/mol. The van der Waals surface area contributed by atoms with E-state index in [0.29, 0.717) is 0 Å². The van der Waals surface area contributed by atoms with E-state index in [9.17, 15) is 4.79 Å². The first kappa shape index (κ1) is 11.3. The standard InChI is InChI=1S/C11H19NO2S/c13-10(14)9-5-8-15-11(12-9)6-3-1-2-4-7-11/h9,12H,1-8H2,(H,13,14). The van der Waals surface area contributed by atoms with Gasteiger partial charge in [0, 0.05) is 0 Å². The molecule has 0 aromatic carbocycles. The second-order valence-electron chi connectivity index (χ2n) is 4.58. The van der Waals surface area contributed by atoms with Gasteiger partial charge in [-0.15, -0.1) is 11.8 Å². The normalized spacial score (nSPS) is 31.1. The van der Waals surface area contributed by atoms with Crippen molar-refractivity contribution in [3.8, 4) is 0 Å². The molecule has 0 aromatic rings.